The number of nitrogens with one attached hydrogen (secondary N) is 1. The average Bonchev–Trinajstić information content (AvgIpc) is 3.21. The maximum atomic E-state index is 13.0. The van der Waals surface area contributed by atoms with Gasteiger partial charge in [0, 0.05) is 23.3 Å². The van der Waals surface area contributed by atoms with Crippen molar-refractivity contribution in [2.75, 3.05) is 19.5 Å². The Kier molecular flexibility index (Phi) is 4.73. The molecule has 1 atom stereocenters. The number of benzene rings is 2. The second kappa shape index (κ2) is 7.58. The maximum Gasteiger partial charge on any atom is 0.226 e. The molecule has 1 aliphatic carbocycles. The predicted octanol–water partition coefficient (Wildman–Crippen LogP) is 4.29. The van der Waals surface area contributed by atoms with Crippen molar-refractivity contribution in [2.45, 2.75) is 32.2 Å². The van der Waals surface area contributed by atoms with Crippen LogP contribution in [0, 0.1) is 6.92 Å². The fourth-order valence-electron chi connectivity index (χ4n) is 4.39. The van der Waals surface area contributed by atoms with E-state index in [1.165, 1.54) is 0 Å². The van der Waals surface area contributed by atoms with Crippen LogP contribution in [0.25, 0.3) is 11.4 Å². The molecule has 2 aromatic carbocycles. The number of carbonyl (C=O) groups is 1. The maximum absolute atomic E-state index is 13.0. The summed E-state index contributed by atoms with van der Waals surface area (Å²) in [7, 11) is 3.22. The Bertz CT molecular complexity index is 1210. The number of Topliss-reactive ketones (excluding diaryl/α,β-unsaturated/α-hetero) is 1. The Balaban J connectivity index is 1.68. The molecule has 0 radical (unpaired) electrons. The summed E-state index contributed by atoms with van der Waals surface area (Å²) < 4.78 is 12.7. The van der Waals surface area contributed by atoms with E-state index in [-0.39, 0.29) is 11.8 Å². The number of anilines is 1. The number of ketones is 1. The Morgan fingerprint density at radius 1 is 1.06 bits per heavy atom. The van der Waals surface area contributed by atoms with Gasteiger partial charge in [0.15, 0.2) is 23.1 Å². The summed E-state index contributed by atoms with van der Waals surface area (Å²) in [5.41, 5.74) is 4.68. The number of nitrogens with zero attached hydrogens (tertiary/aromatic N) is 3. The lowest BCUT2D eigenvalue weighted by Crippen LogP contribution is -2.31. The van der Waals surface area contributed by atoms with E-state index in [9.17, 15) is 4.79 Å². The van der Waals surface area contributed by atoms with Crippen LogP contribution in [0.3, 0.4) is 0 Å². The second-order valence-corrected chi connectivity index (χ2v) is 7.88. The third-order valence-corrected chi connectivity index (χ3v) is 5.87. The Morgan fingerprint density at radius 2 is 1.90 bits per heavy atom. The second-order valence-electron chi connectivity index (χ2n) is 7.88. The van der Waals surface area contributed by atoms with Crippen LogP contribution in [0.2, 0.25) is 0 Å². The first kappa shape index (κ1) is 19.4. The van der Waals surface area contributed by atoms with E-state index in [4.69, 9.17) is 19.6 Å². The molecule has 1 unspecified atom stereocenters. The summed E-state index contributed by atoms with van der Waals surface area (Å²) >= 11 is 0. The van der Waals surface area contributed by atoms with Gasteiger partial charge in [-0.2, -0.15) is 4.98 Å². The number of rotatable bonds is 4. The SMILES string of the molecule is COc1ccc(C2C3=C(CCCC3=O)Nc3nc(-c4cccc(C)c4)nn32)cc1OC. The van der Waals surface area contributed by atoms with Gasteiger partial charge in [0.1, 0.15) is 6.04 Å². The number of methoxy groups -OCH3 is 2. The van der Waals surface area contributed by atoms with Crippen LogP contribution < -0.4 is 14.8 Å². The van der Waals surface area contributed by atoms with Gasteiger partial charge in [0.05, 0.1) is 14.2 Å². The molecule has 1 N–H and O–H groups in total. The third kappa shape index (κ3) is 3.26. The zero-order valence-electron chi connectivity index (χ0n) is 17.8. The van der Waals surface area contributed by atoms with Gasteiger partial charge in [0.2, 0.25) is 5.95 Å². The molecule has 2 heterocycles. The fourth-order valence-corrected chi connectivity index (χ4v) is 4.39. The number of carbonyl (C=O) groups excluding carboxylic acids is 1. The lowest BCUT2D eigenvalue weighted by Gasteiger charge is -2.32. The van der Waals surface area contributed by atoms with Crippen LogP contribution >= 0.6 is 0 Å². The van der Waals surface area contributed by atoms with Crippen molar-refractivity contribution >= 4 is 11.7 Å². The molecule has 2 aliphatic rings. The lowest BCUT2D eigenvalue weighted by molar-refractivity contribution is -0.116. The molecule has 7 heteroatoms. The van der Waals surface area contributed by atoms with Gasteiger partial charge in [0.25, 0.3) is 0 Å². The molecule has 7 nitrogen and oxygen atoms in total. The summed E-state index contributed by atoms with van der Waals surface area (Å²) in [4.78, 5) is 17.8. The molecule has 0 fully saturated rings. The minimum absolute atomic E-state index is 0.145. The van der Waals surface area contributed by atoms with Crippen molar-refractivity contribution in [3.63, 3.8) is 0 Å². The van der Waals surface area contributed by atoms with E-state index in [1.54, 1.807) is 14.2 Å². The van der Waals surface area contributed by atoms with Crippen molar-refractivity contribution in [1.82, 2.24) is 14.8 Å². The topological polar surface area (TPSA) is 78.3 Å². The van der Waals surface area contributed by atoms with E-state index >= 15 is 0 Å². The standard InChI is InChI=1S/C24H24N4O3/c1-14-6-4-7-16(12-14)23-26-24-25-17-8-5-9-18(29)21(17)22(28(24)27-23)15-10-11-19(30-2)20(13-15)31-3/h4,6-7,10-13,22H,5,8-9H2,1-3H3,(H,25,26,27). The summed E-state index contributed by atoms with van der Waals surface area (Å²) in [5, 5.41) is 8.21. The van der Waals surface area contributed by atoms with Crippen molar-refractivity contribution in [1.29, 1.82) is 0 Å². The minimum Gasteiger partial charge on any atom is -0.493 e. The highest BCUT2D eigenvalue weighted by Crippen LogP contribution is 2.42. The average molecular weight is 416 g/mol. The van der Waals surface area contributed by atoms with Crippen molar-refractivity contribution in [2.24, 2.45) is 0 Å². The van der Waals surface area contributed by atoms with Crippen molar-refractivity contribution < 1.29 is 14.3 Å². The molecule has 5 rings (SSSR count). The summed E-state index contributed by atoms with van der Waals surface area (Å²) in [6.45, 7) is 2.04. The van der Waals surface area contributed by atoms with Gasteiger partial charge < -0.3 is 14.8 Å². The first-order valence-electron chi connectivity index (χ1n) is 10.4. The van der Waals surface area contributed by atoms with E-state index in [1.807, 2.05) is 48.0 Å². The van der Waals surface area contributed by atoms with E-state index in [0.717, 1.165) is 40.8 Å². The van der Waals surface area contributed by atoms with Crippen LogP contribution in [-0.4, -0.2) is 34.8 Å². The molecule has 1 aliphatic heterocycles. The summed E-state index contributed by atoms with van der Waals surface area (Å²) in [6, 6.07) is 13.5. The van der Waals surface area contributed by atoms with Crippen LogP contribution in [0.1, 0.15) is 36.4 Å². The Hall–Kier alpha value is -3.61. The smallest absolute Gasteiger partial charge is 0.226 e. The largest absolute Gasteiger partial charge is 0.493 e. The molecule has 0 saturated carbocycles. The molecule has 31 heavy (non-hydrogen) atoms. The van der Waals surface area contributed by atoms with Gasteiger partial charge in [-0.1, -0.05) is 29.8 Å². The molecule has 0 spiro atoms. The lowest BCUT2D eigenvalue weighted by atomic mass is 9.85. The monoisotopic (exact) mass is 416 g/mol. The zero-order chi connectivity index (χ0) is 21.5. The zero-order valence-corrected chi connectivity index (χ0v) is 17.8. The summed E-state index contributed by atoms with van der Waals surface area (Å²) in [5.74, 6) is 2.67. The van der Waals surface area contributed by atoms with Crippen LogP contribution in [0.5, 0.6) is 11.5 Å². The minimum atomic E-state index is -0.370. The molecule has 0 bridgehead atoms. The van der Waals surface area contributed by atoms with Gasteiger partial charge in [-0.15, -0.1) is 5.10 Å². The van der Waals surface area contributed by atoms with E-state index in [2.05, 4.69) is 11.4 Å². The highest BCUT2D eigenvalue weighted by molar-refractivity contribution is 5.99. The van der Waals surface area contributed by atoms with Gasteiger partial charge in [-0.05, 0) is 43.5 Å². The summed E-state index contributed by atoms with van der Waals surface area (Å²) in [6.07, 6.45) is 2.19. The predicted molar refractivity (Wildman–Crippen MR) is 117 cm³/mol. The molecule has 0 amide bonds. The number of hydrogen-bond donors (Lipinski definition) is 1. The number of aromatic nitrogens is 3. The van der Waals surface area contributed by atoms with Crippen LogP contribution in [0.4, 0.5) is 5.95 Å². The third-order valence-electron chi connectivity index (χ3n) is 5.87. The van der Waals surface area contributed by atoms with E-state index in [0.29, 0.717) is 29.7 Å². The van der Waals surface area contributed by atoms with E-state index < -0.39 is 0 Å². The van der Waals surface area contributed by atoms with Crippen molar-refractivity contribution in [3.05, 3.63) is 64.9 Å². The number of hydrogen-bond acceptors (Lipinski definition) is 6. The molecule has 158 valence electrons. The van der Waals surface area contributed by atoms with Gasteiger partial charge >= 0.3 is 0 Å². The molecule has 3 aromatic rings. The Labute approximate surface area is 180 Å². The van der Waals surface area contributed by atoms with Gasteiger partial charge in [-0.3, -0.25) is 4.79 Å². The molecule has 0 saturated heterocycles. The highest BCUT2D eigenvalue weighted by atomic mass is 16.5. The first-order chi connectivity index (χ1) is 15.1. The van der Waals surface area contributed by atoms with Crippen molar-refractivity contribution in [3.8, 4) is 22.9 Å². The normalized spacial score (nSPS) is 17.6. The highest BCUT2D eigenvalue weighted by Gasteiger charge is 2.37. The number of ether oxygens (including phenoxy) is 2. The first-order valence-corrected chi connectivity index (χ1v) is 10.4. The Morgan fingerprint density at radius 3 is 2.68 bits per heavy atom. The molecular formula is C24H24N4O3. The quantitative estimate of drug-likeness (QED) is 0.684. The molecule has 1 aromatic heterocycles. The number of allylic oxidation sites excluding steroid dienone is 2. The fraction of sp³-hybridized carbons (Fsp3) is 0.292. The molecular weight excluding hydrogens is 392 g/mol. The number of aryl methyl sites for hydroxylation is 1. The van der Waals surface area contributed by atoms with Crippen LogP contribution in [0.15, 0.2) is 53.7 Å². The van der Waals surface area contributed by atoms with Gasteiger partial charge in [-0.25, -0.2) is 4.68 Å². The number of fused-ring (bicyclic) bond motifs is 1. The van der Waals surface area contributed by atoms with Crippen LogP contribution in [-0.2, 0) is 4.79 Å².